The summed E-state index contributed by atoms with van der Waals surface area (Å²) in [5, 5.41) is 13.1. The summed E-state index contributed by atoms with van der Waals surface area (Å²) >= 11 is 1.62. The van der Waals surface area contributed by atoms with Gasteiger partial charge in [0.2, 0.25) is 5.95 Å². The van der Waals surface area contributed by atoms with Crippen LogP contribution in [0.5, 0.6) is 0 Å². The van der Waals surface area contributed by atoms with Crippen LogP contribution in [-0.4, -0.2) is 53.3 Å². The molecule has 1 rings (SSSR count). The minimum absolute atomic E-state index is 0.470. The van der Waals surface area contributed by atoms with Crippen molar-refractivity contribution in [2.75, 3.05) is 42.9 Å². The van der Waals surface area contributed by atoms with Gasteiger partial charge in [-0.15, -0.1) is 0 Å². The molecule has 0 bridgehead atoms. The van der Waals surface area contributed by atoms with Crippen molar-refractivity contribution in [3.05, 3.63) is 12.3 Å². The zero-order chi connectivity index (χ0) is 12.9. The van der Waals surface area contributed by atoms with E-state index in [2.05, 4.69) is 15.3 Å². The monoisotopic (exact) mass is 256 g/mol. The highest BCUT2D eigenvalue weighted by Gasteiger charge is 2.19. The maximum Gasteiger partial charge on any atom is 0.226 e. The van der Waals surface area contributed by atoms with E-state index in [9.17, 15) is 5.11 Å². The largest absolute Gasteiger partial charge is 0.387 e. The molecular formula is C11H20N4OS. The van der Waals surface area contributed by atoms with Crippen molar-refractivity contribution in [2.45, 2.75) is 12.5 Å². The fourth-order valence-electron chi connectivity index (χ4n) is 1.31. The molecule has 0 radical (unpaired) electrons. The molecule has 0 saturated carbocycles. The Hall–Kier alpha value is -1.01. The smallest absolute Gasteiger partial charge is 0.226 e. The average molecular weight is 256 g/mol. The standard InChI is InChI=1S/C11H20N4OS/c1-11(16,8-17-4)7-13-9-5-6-12-10(14-9)15(2)3/h5-6,16H,7-8H2,1-4H3,(H,12,13,14). The van der Waals surface area contributed by atoms with Crippen LogP contribution in [0, 0.1) is 0 Å². The van der Waals surface area contributed by atoms with E-state index in [4.69, 9.17) is 0 Å². The lowest BCUT2D eigenvalue weighted by Gasteiger charge is -2.23. The SMILES string of the molecule is CSCC(C)(O)CNc1ccnc(N(C)C)n1. The molecule has 0 aromatic carbocycles. The van der Waals surface area contributed by atoms with E-state index in [1.54, 1.807) is 24.0 Å². The Balaban J connectivity index is 2.60. The molecule has 96 valence electrons. The molecule has 0 aliphatic heterocycles. The lowest BCUT2D eigenvalue weighted by atomic mass is 10.1. The number of nitrogens with one attached hydrogen (secondary N) is 1. The average Bonchev–Trinajstić information content (AvgIpc) is 2.27. The minimum Gasteiger partial charge on any atom is -0.387 e. The molecule has 2 N–H and O–H groups in total. The molecule has 0 saturated heterocycles. The fraction of sp³-hybridized carbons (Fsp3) is 0.636. The van der Waals surface area contributed by atoms with Crippen LogP contribution >= 0.6 is 11.8 Å². The summed E-state index contributed by atoms with van der Waals surface area (Å²) in [5.74, 6) is 2.07. The van der Waals surface area contributed by atoms with Gasteiger partial charge in [0.25, 0.3) is 0 Å². The molecule has 17 heavy (non-hydrogen) atoms. The Morgan fingerprint density at radius 2 is 2.24 bits per heavy atom. The molecule has 1 aromatic heterocycles. The first-order valence-electron chi connectivity index (χ1n) is 5.40. The van der Waals surface area contributed by atoms with Crippen LogP contribution in [0.25, 0.3) is 0 Å². The van der Waals surface area contributed by atoms with Gasteiger partial charge in [0, 0.05) is 32.6 Å². The number of rotatable bonds is 6. The normalized spacial score (nSPS) is 14.2. The summed E-state index contributed by atoms with van der Waals surface area (Å²) in [7, 11) is 3.78. The summed E-state index contributed by atoms with van der Waals surface area (Å²) in [5.41, 5.74) is -0.733. The first-order chi connectivity index (χ1) is 7.94. The number of aromatic nitrogens is 2. The van der Waals surface area contributed by atoms with Crippen LogP contribution < -0.4 is 10.2 Å². The Kier molecular flexibility index (Phi) is 5.02. The molecule has 1 atom stereocenters. The minimum atomic E-state index is -0.733. The van der Waals surface area contributed by atoms with Crippen LogP contribution in [-0.2, 0) is 0 Å². The molecule has 1 aromatic rings. The third-order valence-electron chi connectivity index (χ3n) is 2.15. The van der Waals surface area contributed by atoms with Gasteiger partial charge in [-0.2, -0.15) is 16.7 Å². The summed E-state index contributed by atoms with van der Waals surface area (Å²) < 4.78 is 0. The Morgan fingerprint density at radius 3 is 2.82 bits per heavy atom. The van der Waals surface area contributed by atoms with Gasteiger partial charge in [-0.05, 0) is 19.2 Å². The molecule has 1 unspecified atom stereocenters. The molecule has 0 spiro atoms. The van der Waals surface area contributed by atoms with Crippen molar-refractivity contribution < 1.29 is 5.11 Å². The van der Waals surface area contributed by atoms with E-state index in [1.807, 2.05) is 32.2 Å². The van der Waals surface area contributed by atoms with Gasteiger partial charge in [0.1, 0.15) is 5.82 Å². The second-order valence-corrected chi connectivity index (χ2v) is 5.29. The third-order valence-corrected chi connectivity index (χ3v) is 3.06. The molecule has 0 fully saturated rings. The van der Waals surface area contributed by atoms with Gasteiger partial charge in [0.15, 0.2) is 0 Å². The van der Waals surface area contributed by atoms with Gasteiger partial charge >= 0.3 is 0 Å². The topological polar surface area (TPSA) is 61.3 Å². The molecule has 1 heterocycles. The van der Waals surface area contributed by atoms with Crippen LogP contribution in [0.2, 0.25) is 0 Å². The highest BCUT2D eigenvalue weighted by molar-refractivity contribution is 7.98. The predicted octanol–water partition coefficient (Wildman–Crippen LogP) is 1.07. The lowest BCUT2D eigenvalue weighted by Crippen LogP contribution is -2.36. The molecule has 6 heteroatoms. The summed E-state index contributed by atoms with van der Waals surface area (Å²) in [6.07, 6.45) is 3.68. The maximum atomic E-state index is 10.0. The van der Waals surface area contributed by atoms with E-state index in [1.165, 1.54) is 0 Å². The van der Waals surface area contributed by atoms with E-state index in [0.29, 0.717) is 18.2 Å². The Labute approximate surface area is 107 Å². The fourth-order valence-corrected chi connectivity index (χ4v) is 2.03. The second kappa shape index (κ2) is 6.07. The molecule has 0 amide bonds. The first-order valence-corrected chi connectivity index (χ1v) is 6.79. The summed E-state index contributed by atoms with van der Waals surface area (Å²) in [6, 6.07) is 1.79. The van der Waals surface area contributed by atoms with Gasteiger partial charge in [-0.1, -0.05) is 0 Å². The second-order valence-electron chi connectivity index (χ2n) is 4.42. The molecule has 0 aliphatic rings. The van der Waals surface area contributed by atoms with Gasteiger partial charge in [-0.3, -0.25) is 0 Å². The van der Waals surface area contributed by atoms with E-state index >= 15 is 0 Å². The summed E-state index contributed by atoms with van der Waals surface area (Å²) in [4.78, 5) is 10.3. The maximum absolute atomic E-state index is 10.0. The highest BCUT2D eigenvalue weighted by Crippen LogP contribution is 2.13. The number of thioether (sulfide) groups is 1. The van der Waals surface area contributed by atoms with Gasteiger partial charge in [0.05, 0.1) is 5.60 Å². The van der Waals surface area contributed by atoms with Crippen molar-refractivity contribution in [1.29, 1.82) is 0 Å². The van der Waals surface area contributed by atoms with Crippen molar-refractivity contribution in [3.8, 4) is 0 Å². The van der Waals surface area contributed by atoms with E-state index in [0.717, 1.165) is 5.82 Å². The predicted molar refractivity (Wildman–Crippen MR) is 73.9 cm³/mol. The lowest BCUT2D eigenvalue weighted by molar-refractivity contribution is 0.0996. The highest BCUT2D eigenvalue weighted by atomic mass is 32.2. The zero-order valence-corrected chi connectivity index (χ0v) is 11.6. The number of hydrogen-bond donors (Lipinski definition) is 2. The number of anilines is 2. The first kappa shape index (κ1) is 14.1. The zero-order valence-electron chi connectivity index (χ0n) is 10.8. The van der Waals surface area contributed by atoms with Crippen LogP contribution in [0.3, 0.4) is 0 Å². The van der Waals surface area contributed by atoms with E-state index in [-0.39, 0.29) is 0 Å². The summed E-state index contributed by atoms with van der Waals surface area (Å²) in [6.45, 7) is 2.28. The van der Waals surface area contributed by atoms with Crippen molar-refractivity contribution in [3.63, 3.8) is 0 Å². The quantitative estimate of drug-likeness (QED) is 0.794. The van der Waals surface area contributed by atoms with Crippen LogP contribution in [0.4, 0.5) is 11.8 Å². The molecule has 0 aliphatic carbocycles. The van der Waals surface area contributed by atoms with Crippen LogP contribution in [0.15, 0.2) is 12.3 Å². The third kappa shape index (κ3) is 4.79. The Bertz CT molecular complexity index is 357. The van der Waals surface area contributed by atoms with Crippen LogP contribution in [0.1, 0.15) is 6.92 Å². The van der Waals surface area contributed by atoms with Crippen molar-refractivity contribution in [1.82, 2.24) is 9.97 Å². The number of aliphatic hydroxyl groups is 1. The van der Waals surface area contributed by atoms with Crippen molar-refractivity contribution >= 4 is 23.5 Å². The number of nitrogens with zero attached hydrogens (tertiary/aromatic N) is 3. The molecule has 5 nitrogen and oxygen atoms in total. The van der Waals surface area contributed by atoms with E-state index < -0.39 is 5.60 Å². The van der Waals surface area contributed by atoms with Gasteiger partial charge in [-0.25, -0.2) is 4.98 Å². The van der Waals surface area contributed by atoms with Gasteiger partial charge < -0.3 is 15.3 Å². The number of hydrogen-bond acceptors (Lipinski definition) is 6. The van der Waals surface area contributed by atoms with Crippen molar-refractivity contribution in [2.24, 2.45) is 0 Å². The Morgan fingerprint density at radius 1 is 1.53 bits per heavy atom. The molecular weight excluding hydrogens is 236 g/mol.